The molecule has 13 heavy (non-hydrogen) atoms. The van der Waals surface area contributed by atoms with E-state index in [2.05, 4.69) is 32.7 Å². The highest BCUT2D eigenvalue weighted by molar-refractivity contribution is 14.1. The summed E-state index contributed by atoms with van der Waals surface area (Å²) in [5.74, 6) is 0.569. The first kappa shape index (κ1) is 8.67. The first-order valence-corrected chi connectivity index (χ1v) is 4.76. The molecule has 0 saturated carbocycles. The fourth-order valence-corrected chi connectivity index (χ4v) is 1.52. The molecule has 0 radical (unpaired) electrons. The van der Waals surface area contributed by atoms with Crippen LogP contribution in [0.15, 0.2) is 11.0 Å². The molecule has 0 atom stereocenters. The Balaban J connectivity index is 2.97. The van der Waals surface area contributed by atoms with Gasteiger partial charge in [-0.05, 0) is 6.92 Å². The zero-order chi connectivity index (χ0) is 9.59. The first-order chi connectivity index (χ1) is 6.09. The van der Waals surface area contributed by atoms with E-state index in [-0.39, 0.29) is 5.56 Å². The minimum absolute atomic E-state index is 0.195. The molecular weight excluding hydrogens is 283 g/mol. The van der Waals surface area contributed by atoms with E-state index >= 15 is 0 Å². The molecule has 0 aliphatic rings. The van der Waals surface area contributed by atoms with E-state index in [9.17, 15) is 4.79 Å². The number of rotatable bonds is 0. The van der Waals surface area contributed by atoms with E-state index in [1.165, 1.54) is 0 Å². The Bertz CT molecular complexity index is 527. The molecule has 68 valence electrons. The van der Waals surface area contributed by atoms with E-state index in [1.807, 2.05) is 7.05 Å². The summed E-state index contributed by atoms with van der Waals surface area (Å²) >= 11 is 2.09. The summed E-state index contributed by atoms with van der Waals surface area (Å²) in [6, 6.07) is 0. The van der Waals surface area contributed by atoms with Crippen molar-refractivity contribution in [1.29, 1.82) is 0 Å². The van der Waals surface area contributed by atoms with Crippen LogP contribution < -0.4 is 5.56 Å². The lowest BCUT2D eigenvalue weighted by atomic mass is 10.4. The molecule has 0 bridgehead atoms. The number of hydrogen-bond acceptors (Lipinski definition) is 3. The molecule has 0 fully saturated rings. The van der Waals surface area contributed by atoms with Gasteiger partial charge in [0.2, 0.25) is 5.78 Å². The average molecular weight is 290 g/mol. The van der Waals surface area contributed by atoms with E-state index in [0.29, 0.717) is 11.3 Å². The van der Waals surface area contributed by atoms with Crippen LogP contribution in [0.3, 0.4) is 0 Å². The number of fused-ring (bicyclic) bond motifs is 1. The minimum atomic E-state index is -0.195. The SMILES string of the molecule is Cc1cn2nc(I)n(C)c2nc1=O. The van der Waals surface area contributed by atoms with Crippen LogP contribution in [0.1, 0.15) is 5.56 Å². The molecule has 0 saturated heterocycles. The second-order valence-corrected chi connectivity index (χ2v) is 3.77. The highest BCUT2D eigenvalue weighted by atomic mass is 127. The highest BCUT2D eigenvalue weighted by Gasteiger charge is 2.06. The summed E-state index contributed by atoms with van der Waals surface area (Å²) in [6.07, 6.45) is 1.69. The lowest BCUT2D eigenvalue weighted by Crippen LogP contribution is -2.13. The Morgan fingerprint density at radius 1 is 1.54 bits per heavy atom. The highest BCUT2D eigenvalue weighted by Crippen LogP contribution is 2.04. The van der Waals surface area contributed by atoms with Crippen molar-refractivity contribution in [3.8, 4) is 0 Å². The number of halogens is 1. The molecule has 0 aromatic carbocycles. The van der Waals surface area contributed by atoms with E-state index < -0.39 is 0 Å². The van der Waals surface area contributed by atoms with Gasteiger partial charge in [0.15, 0.2) is 3.83 Å². The second kappa shape index (κ2) is 2.79. The van der Waals surface area contributed by atoms with Gasteiger partial charge in [-0.25, -0.2) is 4.52 Å². The molecule has 2 aromatic heterocycles. The third-order valence-corrected chi connectivity index (χ3v) is 2.77. The zero-order valence-corrected chi connectivity index (χ0v) is 9.31. The summed E-state index contributed by atoms with van der Waals surface area (Å²) in [7, 11) is 1.83. The third-order valence-electron chi connectivity index (χ3n) is 1.83. The molecule has 6 heteroatoms. The molecule has 0 amide bonds. The number of nitrogens with zero attached hydrogens (tertiary/aromatic N) is 4. The Morgan fingerprint density at radius 3 is 2.92 bits per heavy atom. The van der Waals surface area contributed by atoms with Gasteiger partial charge in [0.1, 0.15) is 0 Å². The quantitative estimate of drug-likeness (QED) is 0.658. The van der Waals surface area contributed by atoms with Gasteiger partial charge in [0.05, 0.1) is 0 Å². The molecular formula is C7H7IN4O. The smallest absolute Gasteiger partial charge is 0.277 e. The maximum atomic E-state index is 11.2. The summed E-state index contributed by atoms with van der Waals surface area (Å²) in [6.45, 7) is 1.73. The molecule has 2 heterocycles. The summed E-state index contributed by atoms with van der Waals surface area (Å²) < 4.78 is 4.18. The molecule has 0 aliphatic carbocycles. The van der Waals surface area contributed by atoms with Crippen molar-refractivity contribution in [1.82, 2.24) is 19.2 Å². The van der Waals surface area contributed by atoms with Crippen LogP contribution in [0.25, 0.3) is 5.78 Å². The molecule has 5 nitrogen and oxygen atoms in total. The molecule has 0 aliphatic heterocycles. The van der Waals surface area contributed by atoms with Crippen LogP contribution in [-0.2, 0) is 7.05 Å². The molecule has 2 aromatic rings. The Morgan fingerprint density at radius 2 is 2.23 bits per heavy atom. The number of aromatic nitrogens is 4. The Hall–Kier alpha value is -0.920. The molecule has 0 N–H and O–H groups in total. The normalized spacial score (nSPS) is 11.0. The predicted molar refractivity (Wildman–Crippen MR) is 55.7 cm³/mol. The monoisotopic (exact) mass is 290 g/mol. The van der Waals surface area contributed by atoms with Crippen LogP contribution >= 0.6 is 22.6 Å². The topological polar surface area (TPSA) is 52.2 Å². The molecule has 0 unspecified atom stereocenters. The van der Waals surface area contributed by atoms with Gasteiger partial charge >= 0.3 is 0 Å². The average Bonchev–Trinajstić information content (AvgIpc) is 2.32. The zero-order valence-electron chi connectivity index (χ0n) is 7.15. The third kappa shape index (κ3) is 1.25. The van der Waals surface area contributed by atoms with Crippen LogP contribution in [-0.4, -0.2) is 19.2 Å². The van der Waals surface area contributed by atoms with Crippen molar-refractivity contribution in [3.63, 3.8) is 0 Å². The summed E-state index contributed by atoms with van der Waals surface area (Å²) in [5.41, 5.74) is 0.409. The van der Waals surface area contributed by atoms with Crippen LogP contribution in [0.5, 0.6) is 0 Å². The molecule has 0 spiro atoms. The van der Waals surface area contributed by atoms with Gasteiger partial charge < -0.3 is 0 Å². The van der Waals surface area contributed by atoms with Crippen molar-refractivity contribution in [2.75, 3.05) is 0 Å². The van der Waals surface area contributed by atoms with E-state index in [1.54, 1.807) is 22.2 Å². The van der Waals surface area contributed by atoms with Crippen molar-refractivity contribution >= 4 is 28.4 Å². The second-order valence-electron chi connectivity index (χ2n) is 2.80. The van der Waals surface area contributed by atoms with Crippen LogP contribution in [0.2, 0.25) is 0 Å². The predicted octanol–water partition coefficient (Wildman–Crippen LogP) is 0.341. The van der Waals surface area contributed by atoms with Gasteiger partial charge in [-0.1, -0.05) is 0 Å². The van der Waals surface area contributed by atoms with Crippen molar-refractivity contribution < 1.29 is 0 Å². The van der Waals surface area contributed by atoms with Gasteiger partial charge in [-0.3, -0.25) is 9.36 Å². The summed E-state index contributed by atoms with van der Waals surface area (Å²) in [4.78, 5) is 15.1. The number of aryl methyl sites for hydroxylation is 2. The Kier molecular flexibility index (Phi) is 1.86. The first-order valence-electron chi connectivity index (χ1n) is 3.68. The van der Waals surface area contributed by atoms with Gasteiger partial charge in [0.25, 0.3) is 5.56 Å². The standard InChI is InChI=1S/C7H7IN4O/c1-4-3-12-7(9-5(4)13)11(2)6(8)10-12/h3H,1-2H3. The van der Waals surface area contributed by atoms with Gasteiger partial charge in [0, 0.05) is 41.4 Å². The van der Waals surface area contributed by atoms with Crippen molar-refractivity contribution in [2.24, 2.45) is 7.05 Å². The van der Waals surface area contributed by atoms with E-state index in [4.69, 9.17) is 0 Å². The molecule has 2 rings (SSSR count). The maximum Gasteiger partial charge on any atom is 0.277 e. The lowest BCUT2D eigenvalue weighted by molar-refractivity contribution is 0.890. The lowest BCUT2D eigenvalue weighted by Gasteiger charge is -1.94. The van der Waals surface area contributed by atoms with Gasteiger partial charge in [-0.2, -0.15) is 4.98 Å². The van der Waals surface area contributed by atoms with E-state index in [0.717, 1.165) is 3.83 Å². The van der Waals surface area contributed by atoms with Crippen LogP contribution in [0, 0.1) is 10.8 Å². The largest absolute Gasteiger partial charge is 0.291 e. The maximum absolute atomic E-state index is 11.2. The minimum Gasteiger partial charge on any atom is -0.291 e. The van der Waals surface area contributed by atoms with Crippen molar-refractivity contribution in [3.05, 3.63) is 25.9 Å². The summed E-state index contributed by atoms with van der Waals surface area (Å²) in [5, 5.41) is 4.18. The fourth-order valence-electron chi connectivity index (χ4n) is 1.07. The number of hydrogen-bond donors (Lipinski definition) is 0. The van der Waals surface area contributed by atoms with Crippen LogP contribution in [0.4, 0.5) is 0 Å². The van der Waals surface area contributed by atoms with Crippen molar-refractivity contribution in [2.45, 2.75) is 6.92 Å². The Labute approximate surface area is 87.5 Å². The van der Waals surface area contributed by atoms with Gasteiger partial charge in [-0.15, -0.1) is 5.10 Å². The fraction of sp³-hybridized carbons (Fsp3) is 0.286.